The molecule has 1 fully saturated rings. The van der Waals surface area contributed by atoms with E-state index in [2.05, 4.69) is 4.98 Å². The van der Waals surface area contributed by atoms with Gasteiger partial charge in [-0.15, -0.1) is 0 Å². The Morgan fingerprint density at radius 3 is 3.11 bits per heavy atom. The van der Waals surface area contributed by atoms with Gasteiger partial charge in [-0.1, -0.05) is 18.2 Å². The standard InChI is InChI=1S/C15H17NO2/c17-15(8-7-11-4-3-9-18-11)13-10-16-14-6-2-1-5-12(13)14/h1-2,5-6,10-11,16H,3-4,7-9H2. The molecule has 0 bridgehead atoms. The molecule has 18 heavy (non-hydrogen) atoms. The first kappa shape index (κ1) is 11.5. The second-order valence-corrected chi connectivity index (χ2v) is 4.84. The molecule has 1 saturated heterocycles. The lowest BCUT2D eigenvalue weighted by Crippen LogP contribution is -2.08. The third-order valence-electron chi connectivity index (χ3n) is 3.61. The van der Waals surface area contributed by atoms with Gasteiger partial charge in [0.15, 0.2) is 5.78 Å². The van der Waals surface area contributed by atoms with E-state index >= 15 is 0 Å². The fraction of sp³-hybridized carbons (Fsp3) is 0.400. The van der Waals surface area contributed by atoms with Crippen molar-refractivity contribution in [3.05, 3.63) is 36.0 Å². The summed E-state index contributed by atoms with van der Waals surface area (Å²) in [6, 6.07) is 7.92. The molecule has 3 heteroatoms. The Morgan fingerprint density at radius 1 is 1.39 bits per heavy atom. The summed E-state index contributed by atoms with van der Waals surface area (Å²) < 4.78 is 5.55. The molecular formula is C15H17NO2. The van der Waals surface area contributed by atoms with Gasteiger partial charge in [0.1, 0.15) is 0 Å². The fourth-order valence-corrected chi connectivity index (χ4v) is 2.60. The highest BCUT2D eigenvalue weighted by Crippen LogP contribution is 2.22. The van der Waals surface area contributed by atoms with Gasteiger partial charge in [-0.2, -0.15) is 0 Å². The molecule has 1 aliphatic heterocycles. The number of aromatic amines is 1. The average molecular weight is 243 g/mol. The summed E-state index contributed by atoms with van der Waals surface area (Å²) in [6.07, 6.45) is 5.76. The van der Waals surface area contributed by atoms with Crippen LogP contribution in [0.5, 0.6) is 0 Å². The van der Waals surface area contributed by atoms with Gasteiger partial charge in [-0.05, 0) is 25.3 Å². The molecule has 1 unspecified atom stereocenters. The van der Waals surface area contributed by atoms with Crippen LogP contribution in [0.4, 0.5) is 0 Å². The first-order valence-corrected chi connectivity index (χ1v) is 6.55. The van der Waals surface area contributed by atoms with Crippen molar-refractivity contribution in [1.82, 2.24) is 4.98 Å². The second-order valence-electron chi connectivity index (χ2n) is 4.84. The highest BCUT2D eigenvalue weighted by atomic mass is 16.5. The highest BCUT2D eigenvalue weighted by Gasteiger charge is 2.18. The molecule has 94 valence electrons. The number of para-hydroxylation sites is 1. The van der Waals surface area contributed by atoms with Gasteiger partial charge >= 0.3 is 0 Å². The Balaban J connectivity index is 1.71. The lowest BCUT2D eigenvalue weighted by Gasteiger charge is -2.07. The van der Waals surface area contributed by atoms with Gasteiger partial charge in [0.2, 0.25) is 0 Å². The van der Waals surface area contributed by atoms with E-state index in [4.69, 9.17) is 4.74 Å². The van der Waals surface area contributed by atoms with Crippen LogP contribution in [0.25, 0.3) is 10.9 Å². The third-order valence-corrected chi connectivity index (χ3v) is 3.61. The first-order valence-electron chi connectivity index (χ1n) is 6.55. The minimum Gasteiger partial charge on any atom is -0.378 e. The lowest BCUT2D eigenvalue weighted by atomic mass is 10.0. The van der Waals surface area contributed by atoms with Crippen molar-refractivity contribution < 1.29 is 9.53 Å². The monoisotopic (exact) mass is 243 g/mol. The number of aromatic nitrogens is 1. The van der Waals surface area contributed by atoms with Gasteiger partial charge in [0, 0.05) is 35.7 Å². The van der Waals surface area contributed by atoms with E-state index in [0.717, 1.165) is 42.3 Å². The molecule has 1 aromatic heterocycles. The summed E-state index contributed by atoms with van der Waals surface area (Å²) in [5.41, 5.74) is 1.83. The number of hydrogen-bond donors (Lipinski definition) is 1. The Kier molecular flexibility index (Phi) is 3.15. The molecule has 1 N–H and O–H groups in total. The maximum Gasteiger partial charge on any atom is 0.165 e. The lowest BCUT2D eigenvalue weighted by molar-refractivity contribution is 0.0860. The number of nitrogens with one attached hydrogen (secondary N) is 1. The van der Waals surface area contributed by atoms with Crippen molar-refractivity contribution in [3.63, 3.8) is 0 Å². The molecule has 0 spiro atoms. The Labute approximate surface area is 106 Å². The van der Waals surface area contributed by atoms with E-state index in [0.29, 0.717) is 12.5 Å². The van der Waals surface area contributed by atoms with Crippen LogP contribution < -0.4 is 0 Å². The van der Waals surface area contributed by atoms with Crippen LogP contribution in [0, 0.1) is 0 Å². The molecule has 1 aliphatic rings. The number of fused-ring (bicyclic) bond motifs is 1. The Morgan fingerprint density at radius 2 is 2.28 bits per heavy atom. The van der Waals surface area contributed by atoms with Crippen LogP contribution in [0.2, 0.25) is 0 Å². The van der Waals surface area contributed by atoms with Crippen LogP contribution in [0.1, 0.15) is 36.0 Å². The van der Waals surface area contributed by atoms with Crippen molar-refractivity contribution in [2.24, 2.45) is 0 Å². The van der Waals surface area contributed by atoms with Crippen molar-refractivity contribution in [2.45, 2.75) is 31.8 Å². The number of carbonyl (C=O) groups is 1. The third kappa shape index (κ3) is 2.18. The Hall–Kier alpha value is -1.61. The summed E-state index contributed by atoms with van der Waals surface area (Å²) in [6.45, 7) is 0.853. The quantitative estimate of drug-likeness (QED) is 0.837. The van der Waals surface area contributed by atoms with Crippen molar-refractivity contribution in [3.8, 4) is 0 Å². The van der Waals surface area contributed by atoms with Gasteiger partial charge < -0.3 is 9.72 Å². The van der Waals surface area contributed by atoms with Gasteiger partial charge in [0.25, 0.3) is 0 Å². The highest BCUT2D eigenvalue weighted by molar-refractivity contribution is 6.07. The number of rotatable bonds is 4. The minimum absolute atomic E-state index is 0.211. The number of hydrogen-bond acceptors (Lipinski definition) is 2. The number of H-pyrrole nitrogens is 1. The van der Waals surface area contributed by atoms with E-state index < -0.39 is 0 Å². The molecule has 2 heterocycles. The summed E-state index contributed by atoms with van der Waals surface area (Å²) in [4.78, 5) is 15.3. The van der Waals surface area contributed by atoms with Crippen molar-refractivity contribution >= 4 is 16.7 Å². The summed E-state index contributed by atoms with van der Waals surface area (Å²) in [5, 5.41) is 1.02. The molecule has 3 nitrogen and oxygen atoms in total. The van der Waals surface area contributed by atoms with E-state index in [-0.39, 0.29) is 5.78 Å². The van der Waals surface area contributed by atoms with Crippen LogP contribution in [0.15, 0.2) is 30.5 Å². The van der Waals surface area contributed by atoms with E-state index in [1.165, 1.54) is 0 Å². The van der Waals surface area contributed by atoms with Crippen molar-refractivity contribution in [2.75, 3.05) is 6.61 Å². The normalized spacial score (nSPS) is 19.4. The molecule has 1 atom stereocenters. The van der Waals surface area contributed by atoms with Gasteiger partial charge in [-0.25, -0.2) is 0 Å². The molecule has 2 aromatic rings. The molecule has 0 amide bonds. The smallest absolute Gasteiger partial charge is 0.165 e. The number of benzene rings is 1. The molecule has 1 aromatic carbocycles. The summed E-state index contributed by atoms with van der Waals surface area (Å²) >= 11 is 0. The van der Waals surface area contributed by atoms with Crippen LogP contribution in [0.3, 0.4) is 0 Å². The van der Waals surface area contributed by atoms with E-state index in [1.54, 1.807) is 0 Å². The topological polar surface area (TPSA) is 42.1 Å². The largest absolute Gasteiger partial charge is 0.378 e. The van der Waals surface area contributed by atoms with Gasteiger partial charge in [0.05, 0.1) is 6.10 Å². The molecule has 0 radical (unpaired) electrons. The minimum atomic E-state index is 0.211. The predicted octanol–water partition coefficient (Wildman–Crippen LogP) is 3.31. The van der Waals surface area contributed by atoms with Crippen LogP contribution in [-0.2, 0) is 4.74 Å². The molecule has 0 aliphatic carbocycles. The zero-order chi connectivity index (χ0) is 12.4. The first-order chi connectivity index (χ1) is 8.84. The second kappa shape index (κ2) is 4.94. The number of Topliss-reactive ketones (excluding diaryl/α,β-unsaturated/α-hetero) is 1. The molecule has 3 rings (SSSR count). The summed E-state index contributed by atoms with van der Waals surface area (Å²) in [5.74, 6) is 0.211. The zero-order valence-electron chi connectivity index (χ0n) is 10.3. The van der Waals surface area contributed by atoms with Crippen LogP contribution in [-0.4, -0.2) is 23.5 Å². The van der Waals surface area contributed by atoms with Crippen molar-refractivity contribution in [1.29, 1.82) is 0 Å². The van der Waals surface area contributed by atoms with E-state index in [1.807, 2.05) is 30.5 Å². The molecule has 0 saturated carbocycles. The van der Waals surface area contributed by atoms with Crippen LogP contribution >= 0.6 is 0 Å². The zero-order valence-corrected chi connectivity index (χ0v) is 10.3. The van der Waals surface area contributed by atoms with E-state index in [9.17, 15) is 4.79 Å². The Bertz CT molecular complexity index is 552. The maximum absolute atomic E-state index is 12.2. The number of carbonyl (C=O) groups excluding carboxylic acids is 1. The number of ether oxygens (including phenoxy) is 1. The SMILES string of the molecule is O=C(CCC1CCCO1)c1c[nH]c2ccccc12. The van der Waals surface area contributed by atoms with Gasteiger partial charge in [-0.3, -0.25) is 4.79 Å². The fourth-order valence-electron chi connectivity index (χ4n) is 2.60. The summed E-state index contributed by atoms with van der Waals surface area (Å²) in [7, 11) is 0. The predicted molar refractivity (Wildman–Crippen MR) is 70.8 cm³/mol. The average Bonchev–Trinajstić information content (AvgIpc) is 3.05. The molecular weight excluding hydrogens is 226 g/mol. The maximum atomic E-state index is 12.2. The number of ketones is 1.